The molecule has 0 aromatic heterocycles. The Morgan fingerprint density at radius 3 is 3.11 bits per heavy atom. The van der Waals surface area contributed by atoms with Gasteiger partial charge in [0.1, 0.15) is 0 Å². The van der Waals surface area contributed by atoms with Crippen molar-refractivity contribution in [1.82, 2.24) is 10.2 Å². The van der Waals surface area contributed by atoms with Crippen LogP contribution in [0.15, 0.2) is 0 Å². The molecule has 0 saturated carbocycles. The third kappa shape index (κ3) is 3.95. The second-order valence-corrected chi connectivity index (χ2v) is 5.98. The topological polar surface area (TPSA) is 41.6 Å². The van der Waals surface area contributed by atoms with E-state index in [4.69, 9.17) is 4.74 Å². The standard InChI is InChI=1S/C14H26N2O2/c1-11(2)5-6-14(17)15-8-13-9-16-7-3-4-12(16)10-18-13/h11-13H,3-10H2,1-2H3,(H,15,17). The van der Waals surface area contributed by atoms with E-state index in [-0.39, 0.29) is 12.0 Å². The van der Waals surface area contributed by atoms with Crippen molar-refractivity contribution in [3.05, 3.63) is 0 Å². The summed E-state index contributed by atoms with van der Waals surface area (Å²) in [7, 11) is 0. The van der Waals surface area contributed by atoms with E-state index in [0.29, 0.717) is 24.9 Å². The second-order valence-electron chi connectivity index (χ2n) is 5.98. The Morgan fingerprint density at radius 2 is 2.33 bits per heavy atom. The van der Waals surface area contributed by atoms with E-state index in [1.165, 1.54) is 19.4 Å². The molecule has 2 aliphatic rings. The molecule has 0 aromatic rings. The highest BCUT2D eigenvalue weighted by Crippen LogP contribution is 2.22. The van der Waals surface area contributed by atoms with E-state index in [1.807, 2.05) is 0 Å². The predicted molar refractivity (Wildman–Crippen MR) is 71.4 cm³/mol. The highest BCUT2D eigenvalue weighted by Gasteiger charge is 2.32. The van der Waals surface area contributed by atoms with E-state index in [0.717, 1.165) is 19.6 Å². The quantitative estimate of drug-likeness (QED) is 0.806. The monoisotopic (exact) mass is 254 g/mol. The van der Waals surface area contributed by atoms with Crippen molar-refractivity contribution in [3.63, 3.8) is 0 Å². The fourth-order valence-electron chi connectivity index (χ4n) is 2.74. The summed E-state index contributed by atoms with van der Waals surface area (Å²) in [5.74, 6) is 0.753. The Balaban J connectivity index is 1.63. The first-order chi connectivity index (χ1) is 8.65. The van der Waals surface area contributed by atoms with Crippen molar-refractivity contribution in [1.29, 1.82) is 0 Å². The Hall–Kier alpha value is -0.610. The van der Waals surface area contributed by atoms with Gasteiger partial charge in [0.2, 0.25) is 5.91 Å². The molecule has 2 heterocycles. The fourth-order valence-corrected chi connectivity index (χ4v) is 2.74. The van der Waals surface area contributed by atoms with Crippen LogP contribution in [0.3, 0.4) is 0 Å². The van der Waals surface area contributed by atoms with Crippen LogP contribution in [0.2, 0.25) is 0 Å². The van der Waals surface area contributed by atoms with Crippen LogP contribution in [0.4, 0.5) is 0 Å². The molecule has 2 fully saturated rings. The fraction of sp³-hybridized carbons (Fsp3) is 0.929. The minimum Gasteiger partial charge on any atom is -0.373 e. The molecule has 2 atom stereocenters. The van der Waals surface area contributed by atoms with Crippen LogP contribution >= 0.6 is 0 Å². The van der Waals surface area contributed by atoms with Crippen LogP contribution < -0.4 is 5.32 Å². The molecule has 0 aromatic carbocycles. The maximum atomic E-state index is 11.6. The Kier molecular flexibility index (Phi) is 5.01. The van der Waals surface area contributed by atoms with Crippen molar-refractivity contribution in [2.24, 2.45) is 5.92 Å². The normalized spacial score (nSPS) is 28.4. The summed E-state index contributed by atoms with van der Waals surface area (Å²) in [5.41, 5.74) is 0. The molecule has 4 nitrogen and oxygen atoms in total. The number of rotatable bonds is 5. The molecule has 0 radical (unpaired) electrons. The largest absolute Gasteiger partial charge is 0.373 e. The Morgan fingerprint density at radius 1 is 1.50 bits per heavy atom. The summed E-state index contributed by atoms with van der Waals surface area (Å²) in [6.07, 6.45) is 4.35. The van der Waals surface area contributed by atoms with Gasteiger partial charge in [-0.25, -0.2) is 0 Å². The van der Waals surface area contributed by atoms with E-state index >= 15 is 0 Å². The number of carbonyl (C=O) groups is 1. The first kappa shape index (κ1) is 13.8. The zero-order valence-corrected chi connectivity index (χ0v) is 11.7. The number of nitrogens with one attached hydrogen (secondary N) is 1. The van der Waals surface area contributed by atoms with E-state index in [2.05, 4.69) is 24.1 Å². The van der Waals surface area contributed by atoms with E-state index in [9.17, 15) is 4.79 Å². The SMILES string of the molecule is CC(C)CCC(=O)NCC1CN2CCCC2CO1. The smallest absolute Gasteiger partial charge is 0.220 e. The lowest BCUT2D eigenvalue weighted by Crippen LogP contribution is -2.50. The first-order valence-electron chi connectivity index (χ1n) is 7.27. The number of morpholine rings is 1. The summed E-state index contributed by atoms with van der Waals surface area (Å²) in [6, 6.07) is 0.637. The summed E-state index contributed by atoms with van der Waals surface area (Å²) < 4.78 is 5.81. The van der Waals surface area contributed by atoms with Gasteiger partial charge in [-0.05, 0) is 31.7 Å². The van der Waals surface area contributed by atoms with Gasteiger partial charge >= 0.3 is 0 Å². The minimum absolute atomic E-state index is 0.163. The number of fused-ring (bicyclic) bond motifs is 1. The first-order valence-corrected chi connectivity index (χ1v) is 7.27. The summed E-state index contributed by atoms with van der Waals surface area (Å²) >= 11 is 0. The van der Waals surface area contributed by atoms with Crippen LogP contribution in [-0.4, -0.2) is 49.2 Å². The molecule has 4 heteroatoms. The lowest BCUT2D eigenvalue weighted by Gasteiger charge is -2.35. The van der Waals surface area contributed by atoms with Gasteiger partial charge in [-0.2, -0.15) is 0 Å². The van der Waals surface area contributed by atoms with E-state index < -0.39 is 0 Å². The van der Waals surface area contributed by atoms with Crippen molar-refractivity contribution >= 4 is 5.91 Å². The molecule has 2 aliphatic heterocycles. The summed E-state index contributed by atoms with van der Waals surface area (Å²) in [6.45, 7) is 7.98. The van der Waals surface area contributed by atoms with Gasteiger partial charge in [0.15, 0.2) is 0 Å². The molecule has 0 bridgehead atoms. The van der Waals surface area contributed by atoms with Crippen molar-refractivity contribution in [2.75, 3.05) is 26.2 Å². The molecule has 2 rings (SSSR count). The lowest BCUT2D eigenvalue weighted by atomic mass is 10.1. The number of hydrogen-bond acceptors (Lipinski definition) is 3. The molecule has 1 amide bonds. The van der Waals surface area contributed by atoms with Crippen LogP contribution in [0.25, 0.3) is 0 Å². The molecular formula is C14H26N2O2. The van der Waals surface area contributed by atoms with Crippen LogP contribution in [-0.2, 0) is 9.53 Å². The van der Waals surface area contributed by atoms with Crippen molar-refractivity contribution in [2.45, 2.75) is 51.7 Å². The summed E-state index contributed by atoms with van der Waals surface area (Å²) in [5, 5.41) is 3.00. The summed E-state index contributed by atoms with van der Waals surface area (Å²) in [4.78, 5) is 14.1. The molecule has 104 valence electrons. The van der Waals surface area contributed by atoms with Crippen LogP contribution in [0, 0.1) is 5.92 Å². The minimum atomic E-state index is 0.163. The predicted octanol–water partition coefficient (Wildman–Crippen LogP) is 1.40. The maximum absolute atomic E-state index is 11.6. The Labute approximate surface area is 110 Å². The number of ether oxygens (including phenoxy) is 1. The van der Waals surface area contributed by atoms with Crippen molar-refractivity contribution < 1.29 is 9.53 Å². The molecular weight excluding hydrogens is 228 g/mol. The second kappa shape index (κ2) is 6.53. The average Bonchev–Trinajstić information content (AvgIpc) is 2.81. The van der Waals surface area contributed by atoms with Gasteiger partial charge in [0, 0.05) is 25.6 Å². The van der Waals surface area contributed by atoms with Gasteiger partial charge < -0.3 is 10.1 Å². The van der Waals surface area contributed by atoms with Crippen molar-refractivity contribution in [3.8, 4) is 0 Å². The number of nitrogens with zero attached hydrogens (tertiary/aromatic N) is 1. The molecule has 0 spiro atoms. The molecule has 18 heavy (non-hydrogen) atoms. The average molecular weight is 254 g/mol. The van der Waals surface area contributed by atoms with Crippen LogP contribution in [0.5, 0.6) is 0 Å². The highest BCUT2D eigenvalue weighted by molar-refractivity contribution is 5.75. The van der Waals surface area contributed by atoms with Gasteiger partial charge in [0.05, 0.1) is 12.7 Å². The maximum Gasteiger partial charge on any atom is 0.220 e. The van der Waals surface area contributed by atoms with Gasteiger partial charge in [-0.15, -0.1) is 0 Å². The third-order valence-corrected chi connectivity index (χ3v) is 3.94. The Bertz CT molecular complexity index is 281. The molecule has 0 aliphatic carbocycles. The van der Waals surface area contributed by atoms with Crippen LogP contribution in [0.1, 0.15) is 39.5 Å². The molecule has 2 saturated heterocycles. The molecule has 2 unspecified atom stereocenters. The number of hydrogen-bond donors (Lipinski definition) is 1. The van der Waals surface area contributed by atoms with Gasteiger partial charge in [0.25, 0.3) is 0 Å². The van der Waals surface area contributed by atoms with Gasteiger partial charge in [-0.3, -0.25) is 9.69 Å². The number of carbonyl (C=O) groups excluding carboxylic acids is 1. The zero-order chi connectivity index (χ0) is 13.0. The lowest BCUT2D eigenvalue weighted by molar-refractivity contribution is -0.122. The van der Waals surface area contributed by atoms with Gasteiger partial charge in [-0.1, -0.05) is 13.8 Å². The highest BCUT2D eigenvalue weighted by atomic mass is 16.5. The number of amides is 1. The zero-order valence-electron chi connectivity index (χ0n) is 11.7. The van der Waals surface area contributed by atoms with E-state index in [1.54, 1.807) is 0 Å². The molecule has 1 N–H and O–H groups in total. The third-order valence-electron chi connectivity index (χ3n) is 3.94.